The van der Waals surface area contributed by atoms with E-state index in [9.17, 15) is 4.79 Å². The zero-order valence-corrected chi connectivity index (χ0v) is 14.7. The fourth-order valence-electron chi connectivity index (χ4n) is 2.44. The van der Waals surface area contributed by atoms with E-state index in [4.69, 9.17) is 4.74 Å². The van der Waals surface area contributed by atoms with E-state index in [-0.39, 0.29) is 5.91 Å². The van der Waals surface area contributed by atoms with Crippen molar-refractivity contribution in [1.82, 2.24) is 15.3 Å². The lowest BCUT2D eigenvalue weighted by molar-refractivity contribution is 0.0945. The second-order valence-electron chi connectivity index (χ2n) is 5.74. The van der Waals surface area contributed by atoms with E-state index >= 15 is 0 Å². The molecule has 0 saturated carbocycles. The van der Waals surface area contributed by atoms with Gasteiger partial charge < -0.3 is 15.4 Å². The van der Waals surface area contributed by atoms with Gasteiger partial charge in [0.25, 0.3) is 5.91 Å². The number of aryl methyl sites for hydroxylation is 1. The molecule has 3 rings (SSSR count). The van der Waals surface area contributed by atoms with Crippen molar-refractivity contribution in [2.75, 3.05) is 12.4 Å². The summed E-state index contributed by atoms with van der Waals surface area (Å²) in [4.78, 5) is 21.1. The van der Waals surface area contributed by atoms with Crippen molar-refractivity contribution in [3.63, 3.8) is 0 Å². The zero-order valence-electron chi connectivity index (χ0n) is 14.7. The Morgan fingerprint density at radius 1 is 1.04 bits per heavy atom. The molecule has 0 unspecified atom stereocenters. The lowest BCUT2D eigenvalue weighted by atomic mass is 10.2. The lowest BCUT2D eigenvalue weighted by Crippen LogP contribution is -2.24. The maximum Gasteiger partial charge on any atom is 0.270 e. The minimum atomic E-state index is -0.243. The molecule has 6 nitrogen and oxygen atoms in total. The number of hydrogen-bond donors (Lipinski definition) is 2. The summed E-state index contributed by atoms with van der Waals surface area (Å²) >= 11 is 0. The Kier molecular flexibility index (Phi) is 5.43. The highest BCUT2D eigenvalue weighted by Crippen LogP contribution is 2.19. The third-order valence-electron chi connectivity index (χ3n) is 3.71. The number of aromatic nitrogens is 2. The van der Waals surface area contributed by atoms with Crippen LogP contribution in [0.4, 0.5) is 11.6 Å². The fourth-order valence-corrected chi connectivity index (χ4v) is 2.44. The zero-order chi connectivity index (χ0) is 18.4. The third kappa shape index (κ3) is 4.57. The van der Waals surface area contributed by atoms with E-state index in [0.29, 0.717) is 23.9 Å². The molecule has 0 saturated heterocycles. The molecule has 0 aliphatic carbocycles. The topological polar surface area (TPSA) is 76.1 Å². The smallest absolute Gasteiger partial charge is 0.270 e. The molecular weight excluding hydrogens is 328 g/mol. The third-order valence-corrected chi connectivity index (χ3v) is 3.71. The molecule has 1 heterocycles. The molecule has 0 fully saturated rings. The van der Waals surface area contributed by atoms with Gasteiger partial charge in [-0.1, -0.05) is 36.4 Å². The van der Waals surface area contributed by atoms with Crippen molar-refractivity contribution in [2.45, 2.75) is 13.5 Å². The molecule has 0 spiro atoms. The van der Waals surface area contributed by atoms with Crippen LogP contribution in [0.2, 0.25) is 0 Å². The Bertz CT molecular complexity index is 897. The van der Waals surface area contributed by atoms with E-state index in [2.05, 4.69) is 20.6 Å². The number of amides is 1. The molecular formula is C20H20N4O2. The summed E-state index contributed by atoms with van der Waals surface area (Å²) in [7, 11) is 1.61. The number of nitrogens with zero attached hydrogens (tertiary/aromatic N) is 2. The van der Waals surface area contributed by atoms with Gasteiger partial charge in [-0.05, 0) is 30.7 Å². The molecule has 6 heteroatoms. The van der Waals surface area contributed by atoms with Crippen LogP contribution in [0.5, 0.6) is 5.75 Å². The summed E-state index contributed by atoms with van der Waals surface area (Å²) in [6.07, 6.45) is 0. The summed E-state index contributed by atoms with van der Waals surface area (Å²) < 4.78 is 5.21. The van der Waals surface area contributed by atoms with Crippen LogP contribution in [0.15, 0.2) is 60.7 Å². The first-order chi connectivity index (χ1) is 12.6. The van der Waals surface area contributed by atoms with E-state index in [1.165, 1.54) is 0 Å². The van der Waals surface area contributed by atoms with Gasteiger partial charge in [0.15, 0.2) is 0 Å². The Morgan fingerprint density at radius 3 is 2.62 bits per heavy atom. The van der Waals surface area contributed by atoms with E-state index in [1.807, 2.05) is 61.5 Å². The second kappa shape index (κ2) is 8.11. The number of rotatable bonds is 6. The Balaban J connectivity index is 1.73. The highest BCUT2D eigenvalue weighted by atomic mass is 16.5. The maximum atomic E-state index is 12.4. The van der Waals surface area contributed by atoms with Crippen LogP contribution in [0.25, 0.3) is 0 Å². The van der Waals surface area contributed by atoms with Gasteiger partial charge in [0, 0.05) is 24.0 Å². The van der Waals surface area contributed by atoms with Crippen LogP contribution in [-0.2, 0) is 6.54 Å². The minimum Gasteiger partial charge on any atom is -0.497 e. The van der Waals surface area contributed by atoms with Gasteiger partial charge in [-0.15, -0.1) is 0 Å². The molecule has 3 aromatic rings. The highest BCUT2D eigenvalue weighted by molar-refractivity contribution is 5.92. The molecule has 1 amide bonds. The van der Waals surface area contributed by atoms with Crippen molar-refractivity contribution >= 4 is 17.5 Å². The van der Waals surface area contributed by atoms with Crippen molar-refractivity contribution in [1.29, 1.82) is 0 Å². The standard InChI is InChI=1S/C20H20N4O2/c1-14-11-18(19(25)21-13-15-7-4-3-5-8-15)24-20(22-14)23-16-9-6-10-17(12-16)26-2/h3-12H,13H2,1-2H3,(H,21,25)(H,22,23,24). The van der Waals surface area contributed by atoms with Gasteiger partial charge in [0.2, 0.25) is 5.95 Å². The first-order valence-electron chi connectivity index (χ1n) is 8.23. The summed E-state index contributed by atoms with van der Waals surface area (Å²) in [5, 5.41) is 5.98. The summed E-state index contributed by atoms with van der Waals surface area (Å²) in [6, 6.07) is 18.8. The first-order valence-corrected chi connectivity index (χ1v) is 8.23. The monoisotopic (exact) mass is 348 g/mol. The summed E-state index contributed by atoms with van der Waals surface area (Å²) in [5.74, 6) is 0.847. The number of carbonyl (C=O) groups excluding carboxylic acids is 1. The number of hydrogen-bond acceptors (Lipinski definition) is 5. The predicted molar refractivity (Wildman–Crippen MR) is 101 cm³/mol. The van der Waals surface area contributed by atoms with Gasteiger partial charge in [-0.25, -0.2) is 9.97 Å². The van der Waals surface area contributed by atoms with Gasteiger partial charge >= 0.3 is 0 Å². The predicted octanol–water partition coefficient (Wildman–Crippen LogP) is 3.47. The van der Waals surface area contributed by atoms with E-state index in [0.717, 1.165) is 17.0 Å². The van der Waals surface area contributed by atoms with Crippen molar-refractivity contribution in [3.8, 4) is 5.75 Å². The Morgan fingerprint density at radius 2 is 1.85 bits per heavy atom. The fraction of sp³-hybridized carbons (Fsp3) is 0.150. The minimum absolute atomic E-state index is 0.243. The SMILES string of the molecule is COc1cccc(Nc2nc(C)cc(C(=O)NCc3ccccc3)n2)c1. The number of ether oxygens (including phenoxy) is 1. The molecule has 26 heavy (non-hydrogen) atoms. The van der Waals surface area contributed by atoms with E-state index in [1.54, 1.807) is 13.2 Å². The van der Waals surface area contributed by atoms with Crippen LogP contribution in [0, 0.1) is 6.92 Å². The molecule has 0 bridgehead atoms. The van der Waals surface area contributed by atoms with Crippen LogP contribution in [-0.4, -0.2) is 23.0 Å². The number of carbonyl (C=O) groups is 1. The molecule has 0 aliphatic heterocycles. The van der Waals surface area contributed by atoms with Crippen LogP contribution in [0.1, 0.15) is 21.7 Å². The average Bonchev–Trinajstić information content (AvgIpc) is 2.66. The Labute approximate surface area is 152 Å². The molecule has 2 aromatic carbocycles. The van der Waals surface area contributed by atoms with Crippen molar-refractivity contribution in [3.05, 3.63) is 77.6 Å². The van der Waals surface area contributed by atoms with E-state index < -0.39 is 0 Å². The summed E-state index contributed by atoms with van der Waals surface area (Å²) in [5.41, 5.74) is 2.83. The molecule has 0 aliphatic rings. The molecule has 1 aromatic heterocycles. The van der Waals surface area contributed by atoms with Gasteiger partial charge in [-0.2, -0.15) is 0 Å². The molecule has 0 radical (unpaired) electrons. The largest absolute Gasteiger partial charge is 0.497 e. The van der Waals surface area contributed by atoms with Crippen LogP contribution < -0.4 is 15.4 Å². The first kappa shape index (κ1) is 17.4. The van der Waals surface area contributed by atoms with Crippen LogP contribution in [0.3, 0.4) is 0 Å². The second-order valence-corrected chi connectivity index (χ2v) is 5.74. The number of anilines is 2. The Hall–Kier alpha value is -3.41. The van der Waals surface area contributed by atoms with Crippen molar-refractivity contribution < 1.29 is 9.53 Å². The number of nitrogens with one attached hydrogen (secondary N) is 2. The normalized spacial score (nSPS) is 10.2. The lowest BCUT2D eigenvalue weighted by Gasteiger charge is -2.10. The summed E-state index contributed by atoms with van der Waals surface area (Å²) in [6.45, 7) is 2.27. The van der Waals surface area contributed by atoms with Gasteiger partial charge in [0.05, 0.1) is 7.11 Å². The molecule has 132 valence electrons. The van der Waals surface area contributed by atoms with Gasteiger partial charge in [-0.3, -0.25) is 4.79 Å². The molecule has 2 N–H and O–H groups in total. The van der Waals surface area contributed by atoms with Crippen LogP contribution >= 0.6 is 0 Å². The average molecular weight is 348 g/mol. The quantitative estimate of drug-likeness (QED) is 0.713. The van der Waals surface area contributed by atoms with Gasteiger partial charge in [0.1, 0.15) is 11.4 Å². The highest BCUT2D eigenvalue weighted by Gasteiger charge is 2.11. The molecule has 0 atom stereocenters. The maximum absolute atomic E-state index is 12.4. The number of benzene rings is 2. The van der Waals surface area contributed by atoms with Crippen molar-refractivity contribution in [2.24, 2.45) is 0 Å². The number of methoxy groups -OCH3 is 1.